The van der Waals surface area contributed by atoms with Crippen LogP contribution in [0.25, 0.3) is 33.0 Å². The average Bonchev–Trinajstić information content (AvgIpc) is 3.46. The monoisotopic (exact) mass is 641 g/mol. The van der Waals surface area contributed by atoms with Crippen molar-refractivity contribution in [3.8, 4) is 22.3 Å². The van der Waals surface area contributed by atoms with Crippen LogP contribution < -0.4 is 4.90 Å². The van der Waals surface area contributed by atoms with Crippen molar-refractivity contribution in [3.05, 3.63) is 210 Å². The Morgan fingerprint density at radius 2 is 0.837 bits per heavy atom. The van der Waals surface area contributed by atoms with E-state index in [4.69, 9.17) is 0 Å². The minimum Gasteiger partial charge on any atom is -0.311 e. The van der Waals surface area contributed by atoms with Crippen molar-refractivity contribution in [2.45, 2.75) is 15.2 Å². The Labute approximate surface area is 291 Å². The minimum absolute atomic E-state index is 0.416. The summed E-state index contributed by atoms with van der Waals surface area (Å²) in [7, 11) is 0. The molecular formula is C47H31NS. The van der Waals surface area contributed by atoms with Crippen molar-refractivity contribution in [3.63, 3.8) is 0 Å². The molecular weight excluding hydrogens is 611 g/mol. The molecule has 230 valence electrons. The first kappa shape index (κ1) is 28.2. The highest BCUT2D eigenvalue weighted by molar-refractivity contribution is 7.99. The molecule has 0 atom stereocenters. The Hall–Kier alpha value is -5.83. The lowest BCUT2D eigenvalue weighted by atomic mass is 9.66. The fourth-order valence-electron chi connectivity index (χ4n) is 8.17. The van der Waals surface area contributed by atoms with Gasteiger partial charge in [-0.1, -0.05) is 139 Å². The van der Waals surface area contributed by atoms with E-state index >= 15 is 0 Å². The predicted octanol–water partition coefficient (Wildman–Crippen LogP) is 12.8. The molecule has 8 aromatic rings. The van der Waals surface area contributed by atoms with E-state index in [-0.39, 0.29) is 0 Å². The zero-order chi connectivity index (χ0) is 32.4. The second kappa shape index (κ2) is 11.1. The summed E-state index contributed by atoms with van der Waals surface area (Å²) < 4.78 is 0. The smallest absolute Gasteiger partial charge is 0.0735 e. The molecule has 2 aliphatic rings. The summed E-state index contributed by atoms with van der Waals surface area (Å²) in [5.74, 6) is 0. The Morgan fingerprint density at radius 3 is 1.47 bits per heavy atom. The molecule has 1 spiro atoms. The van der Waals surface area contributed by atoms with Crippen molar-refractivity contribution in [2.24, 2.45) is 0 Å². The first-order chi connectivity index (χ1) is 24.3. The van der Waals surface area contributed by atoms with Crippen LogP contribution >= 0.6 is 11.8 Å². The Kier molecular flexibility index (Phi) is 6.40. The van der Waals surface area contributed by atoms with Gasteiger partial charge in [0.25, 0.3) is 0 Å². The maximum absolute atomic E-state index is 2.47. The fraction of sp³-hybridized carbons (Fsp3) is 0.0213. The van der Waals surface area contributed by atoms with Gasteiger partial charge < -0.3 is 4.90 Å². The molecule has 1 nitrogen and oxygen atoms in total. The summed E-state index contributed by atoms with van der Waals surface area (Å²) in [5, 5.41) is 2.56. The van der Waals surface area contributed by atoms with Gasteiger partial charge in [-0.3, -0.25) is 0 Å². The normalized spacial score (nSPS) is 13.4. The lowest BCUT2D eigenvalue weighted by Gasteiger charge is -2.40. The molecule has 0 N–H and O–H groups in total. The van der Waals surface area contributed by atoms with E-state index in [1.54, 1.807) is 0 Å². The van der Waals surface area contributed by atoms with Crippen LogP contribution in [0.15, 0.2) is 198 Å². The summed E-state index contributed by atoms with van der Waals surface area (Å²) in [6.07, 6.45) is 0. The number of hydrogen-bond acceptors (Lipinski definition) is 2. The first-order valence-corrected chi connectivity index (χ1v) is 17.7. The predicted molar refractivity (Wildman–Crippen MR) is 205 cm³/mol. The van der Waals surface area contributed by atoms with E-state index in [1.807, 2.05) is 11.8 Å². The van der Waals surface area contributed by atoms with Gasteiger partial charge in [0.05, 0.1) is 5.41 Å². The molecule has 0 saturated carbocycles. The lowest BCUT2D eigenvalue weighted by Crippen LogP contribution is -2.32. The molecule has 0 bridgehead atoms. The number of fused-ring (bicyclic) bond motifs is 10. The first-order valence-electron chi connectivity index (χ1n) is 16.8. The van der Waals surface area contributed by atoms with Crippen LogP contribution in [0.4, 0.5) is 17.1 Å². The highest BCUT2D eigenvalue weighted by atomic mass is 32.2. The molecule has 0 unspecified atom stereocenters. The summed E-state index contributed by atoms with van der Waals surface area (Å²) in [6, 6.07) is 69.1. The highest BCUT2D eigenvalue weighted by Gasteiger charge is 2.50. The molecule has 0 amide bonds. The Bertz CT molecular complexity index is 2430. The minimum atomic E-state index is -0.416. The molecule has 1 aliphatic carbocycles. The summed E-state index contributed by atoms with van der Waals surface area (Å²) in [4.78, 5) is 4.96. The topological polar surface area (TPSA) is 3.24 Å². The van der Waals surface area contributed by atoms with Gasteiger partial charge >= 0.3 is 0 Å². The van der Waals surface area contributed by atoms with Crippen molar-refractivity contribution >= 4 is 39.6 Å². The zero-order valence-corrected chi connectivity index (χ0v) is 27.6. The molecule has 0 aromatic heterocycles. The van der Waals surface area contributed by atoms with Crippen molar-refractivity contribution in [1.29, 1.82) is 0 Å². The van der Waals surface area contributed by atoms with Crippen molar-refractivity contribution in [1.82, 2.24) is 0 Å². The average molecular weight is 642 g/mol. The quantitative estimate of drug-likeness (QED) is 0.188. The van der Waals surface area contributed by atoms with Crippen molar-refractivity contribution in [2.75, 3.05) is 4.90 Å². The summed E-state index contributed by atoms with van der Waals surface area (Å²) in [5.41, 5.74) is 13.5. The number of para-hydroxylation sites is 2. The highest BCUT2D eigenvalue weighted by Crippen LogP contribution is 2.62. The zero-order valence-electron chi connectivity index (χ0n) is 26.8. The number of benzene rings is 8. The van der Waals surface area contributed by atoms with Crippen LogP contribution in [0.2, 0.25) is 0 Å². The SMILES string of the molecule is c1ccc(N(c2ccccc2)c2ccc(-c3ccc4c(c3)C3(c5cc6ccccc6cc5S4)c4ccccc4-c4ccccc43)cc2)cc1. The van der Waals surface area contributed by atoms with Crippen LogP contribution in [0.5, 0.6) is 0 Å². The van der Waals surface area contributed by atoms with E-state index in [9.17, 15) is 0 Å². The maximum atomic E-state index is 2.47. The Balaban J connectivity index is 1.16. The maximum Gasteiger partial charge on any atom is 0.0735 e. The second-order valence-corrected chi connectivity index (χ2v) is 14.0. The van der Waals surface area contributed by atoms with Gasteiger partial charge in [-0.2, -0.15) is 0 Å². The third-order valence-corrected chi connectivity index (χ3v) is 11.4. The van der Waals surface area contributed by atoms with E-state index < -0.39 is 5.41 Å². The van der Waals surface area contributed by atoms with E-state index in [1.165, 1.54) is 65.1 Å². The molecule has 2 heteroatoms. The summed E-state index contributed by atoms with van der Waals surface area (Å²) in [6.45, 7) is 0. The largest absolute Gasteiger partial charge is 0.311 e. The van der Waals surface area contributed by atoms with E-state index in [0.717, 1.165) is 17.1 Å². The number of nitrogens with zero attached hydrogens (tertiary/aromatic N) is 1. The van der Waals surface area contributed by atoms with Crippen LogP contribution in [0, 0.1) is 0 Å². The number of hydrogen-bond donors (Lipinski definition) is 0. The van der Waals surface area contributed by atoms with Crippen molar-refractivity contribution < 1.29 is 0 Å². The van der Waals surface area contributed by atoms with Crippen LogP contribution in [-0.2, 0) is 5.41 Å². The molecule has 1 heterocycles. The second-order valence-electron chi connectivity index (χ2n) is 12.9. The van der Waals surface area contributed by atoms with Gasteiger partial charge in [0, 0.05) is 26.9 Å². The van der Waals surface area contributed by atoms with Gasteiger partial charge in [-0.05, 0) is 116 Å². The molecule has 0 fully saturated rings. The third-order valence-electron chi connectivity index (χ3n) is 10.3. The fourth-order valence-corrected chi connectivity index (χ4v) is 9.37. The third kappa shape index (κ3) is 4.27. The Morgan fingerprint density at radius 1 is 0.347 bits per heavy atom. The standard InChI is InChI=1S/C47H31NS/c1-3-15-36(16-4-1)48(37-17-5-2-6-18-37)38-26-23-32(24-27-38)35-25-28-45-43(30-35)47(44-29-33-13-7-8-14-34(33)31-46(44)49-45)41-21-11-9-19-39(41)40-20-10-12-22-42(40)47/h1-31H. The lowest BCUT2D eigenvalue weighted by molar-refractivity contribution is 0.724. The van der Waals surface area contributed by atoms with Gasteiger partial charge in [-0.25, -0.2) is 0 Å². The molecule has 1 aliphatic heterocycles. The van der Waals surface area contributed by atoms with Crippen LogP contribution in [-0.4, -0.2) is 0 Å². The van der Waals surface area contributed by atoms with Gasteiger partial charge in [0.2, 0.25) is 0 Å². The number of rotatable bonds is 4. The molecule has 10 rings (SSSR count). The van der Waals surface area contributed by atoms with Crippen LogP contribution in [0.1, 0.15) is 22.3 Å². The molecule has 0 saturated heterocycles. The molecule has 8 aromatic carbocycles. The van der Waals surface area contributed by atoms with E-state index in [0.29, 0.717) is 0 Å². The molecule has 49 heavy (non-hydrogen) atoms. The summed E-state index contributed by atoms with van der Waals surface area (Å²) >= 11 is 1.91. The van der Waals surface area contributed by atoms with E-state index in [2.05, 4.69) is 193 Å². The van der Waals surface area contributed by atoms with Gasteiger partial charge in [-0.15, -0.1) is 0 Å². The van der Waals surface area contributed by atoms with Gasteiger partial charge in [0.1, 0.15) is 0 Å². The molecule has 0 radical (unpaired) electrons. The number of anilines is 3. The van der Waals surface area contributed by atoms with Crippen LogP contribution in [0.3, 0.4) is 0 Å². The van der Waals surface area contributed by atoms with Gasteiger partial charge in [0.15, 0.2) is 0 Å².